The summed E-state index contributed by atoms with van der Waals surface area (Å²) in [6.07, 6.45) is 1.93. The van der Waals surface area contributed by atoms with Gasteiger partial charge in [0.25, 0.3) is 5.91 Å². The number of carbonyl (C=O) groups excluding carboxylic acids is 2. The van der Waals surface area contributed by atoms with Crippen molar-refractivity contribution in [3.8, 4) is 0 Å². The van der Waals surface area contributed by atoms with E-state index in [2.05, 4.69) is 10.4 Å². The second kappa shape index (κ2) is 9.24. The Bertz CT molecular complexity index is 1260. The van der Waals surface area contributed by atoms with E-state index in [9.17, 15) is 9.59 Å². The molecule has 0 unspecified atom stereocenters. The number of hydrogen-bond donors (Lipinski definition) is 1. The predicted octanol–water partition coefficient (Wildman–Crippen LogP) is 5.02. The summed E-state index contributed by atoms with van der Waals surface area (Å²) in [6, 6.07) is 19.9. The third-order valence-corrected chi connectivity index (χ3v) is 5.52. The first-order chi connectivity index (χ1) is 15.4. The molecule has 6 nitrogen and oxygen atoms in total. The lowest BCUT2D eigenvalue weighted by Gasteiger charge is -2.15. The van der Waals surface area contributed by atoms with Gasteiger partial charge in [0.05, 0.1) is 30.8 Å². The molecular weight excluding hydrogens is 426 g/mol. The van der Waals surface area contributed by atoms with Crippen LogP contribution in [0, 0.1) is 0 Å². The molecule has 0 bridgehead atoms. The average molecular weight is 448 g/mol. The molecule has 0 aliphatic heterocycles. The second-order valence-electron chi connectivity index (χ2n) is 7.51. The maximum absolute atomic E-state index is 13.0. The minimum absolute atomic E-state index is 0.211. The van der Waals surface area contributed by atoms with Gasteiger partial charge >= 0.3 is 5.97 Å². The number of amides is 1. The van der Waals surface area contributed by atoms with Crippen LogP contribution in [0.5, 0.6) is 0 Å². The van der Waals surface area contributed by atoms with Crippen molar-refractivity contribution in [2.75, 3.05) is 7.11 Å². The molecule has 1 atom stereocenters. The van der Waals surface area contributed by atoms with Crippen molar-refractivity contribution in [1.29, 1.82) is 0 Å². The molecule has 4 aromatic rings. The molecule has 1 aromatic heterocycles. The molecule has 0 fully saturated rings. The van der Waals surface area contributed by atoms with Crippen molar-refractivity contribution in [2.24, 2.45) is 0 Å². The highest BCUT2D eigenvalue weighted by Gasteiger charge is 2.17. The van der Waals surface area contributed by atoms with Gasteiger partial charge in [-0.15, -0.1) is 0 Å². The average Bonchev–Trinajstić information content (AvgIpc) is 3.22. The largest absolute Gasteiger partial charge is 0.465 e. The molecular formula is C25H22ClN3O3. The lowest BCUT2D eigenvalue weighted by atomic mass is 10.0. The molecule has 0 aliphatic carbocycles. The number of esters is 1. The number of carbonyl (C=O) groups is 2. The molecule has 1 heterocycles. The maximum atomic E-state index is 13.0. The highest BCUT2D eigenvalue weighted by molar-refractivity contribution is 6.30. The molecule has 1 amide bonds. The Morgan fingerprint density at radius 1 is 1.06 bits per heavy atom. The van der Waals surface area contributed by atoms with E-state index in [4.69, 9.17) is 16.3 Å². The summed E-state index contributed by atoms with van der Waals surface area (Å²) in [5.74, 6) is -0.606. The van der Waals surface area contributed by atoms with E-state index in [0.29, 0.717) is 28.2 Å². The fraction of sp³-hybridized carbons (Fsp3) is 0.160. The van der Waals surface area contributed by atoms with Gasteiger partial charge in [0, 0.05) is 16.6 Å². The topological polar surface area (TPSA) is 73.2 Å². The first-order valence-corrected chi connectivity index (χ1v) is 10.5. The minimum Gasteiger partial charge on any atom is -0.465 e. The van der Waals surface area contributed by atoms with Gasteiger partial charge in [-0.2, -0.15) is 5.10 Å². The highest BCUT2D eigenvalue weighted by Crippen LogP contribution is 2.20. The fourth-order valence-electron chi connectivity index (χ4n) is 3.52. The van der Waals surface area contributed by atoms with Crippen molar-refractivity contribution in [3.63, 3.8) is 0 Å². The fourth-order valence-corrected chi connectivity index (χ4v) is 3.65. The third kappa shape index (κ3) is 4.65. The Labute approximate surface area is 190 Å². The molecule has 7 heteroatoms. The summed E-state index contributed by atoms with van der Waals surface area (Å²) >= 11 is 5.96. The molecule has 32 heavy (non-hydrogen) atoms. The summed E-state index contributed by atoms with van der Waals surface area (Å²) in [5, 5.41) is 9.23. The number of hydrogen-bond acceptors (Lipinski definition) is 4. The van der Waals surface area contributed by atoms with Crippen molar-refractivity contribution < 1.29 is 14.3 Å². The van der Waals surface area contributed by atoms with Crippen molar-refractivity contribution in [2.45, 2.75) is 19.5 Å². The van der Waals surface area contributed by atoms with E-state index in [1.54, 1.807) is 30.3 Å². The smallest absolute Gasteiger partial charge is 0.337 e. The quantitative estimate of drug-likeness (QED) is 0.421. The van der Waals surface area contributed by atoms with Crippen LogP contribution in [0.4, 0.5) is 0 Å². The lowest BCUT2D eigenvalue weighted by Crippen LogP contribution is -2.27. The van der Waals surface area contributed by atoms with Crippen LogP contribution in [0.25, 0.3) is 10.9 Å². The molecule has 162 valence electrons. The van der Waals surface area contributed by atoms with Crippen LogP contribution < -0.4 is 5.32 Å². The van der Waals surface area contributed by atoms with Gasteiger partial charge in [-0.05, 0) is 48.4 Å². The van der Waals surface area contributed by atoms with Crippen LogP contribution in [0.2, 0.25) is 5.02 Å². The van der Waals surface area contributed by atoms with Crippen molar-refractivity contribution in [1.82, 2.24) is 15.1 Å². The van der Waals surface area contributed by atoms with E-state index >= 15 is 0 Å². The highest BCUT2D eigenvalue weighted by atomic mass is 35.5. The Morgan fingerprint density at radius 2 is 1.78 bits per heavy atom. The van der Waals surface area contributed by atoms with E-state index in [-0.39, 0.29) is 11.9 Å². The first-order valence-electron chi connectivity index (χ1n) is 10.1. The van der Waals surface area contributed by atoms with Gasteiger partial charge in [-0.3, -0.25) is 9.48 Å². The zero-order valence-electron chi connectivity index (χ0n) is 17.7. The van der Waals surface area contributed by atoms with E-state index in [0.717, 1.165) is 16.5 Å². The second-order valence-corrected chi connectivity index (χ2v) is 7.94. The summed E-state index contributed by atoms with van der Waals surface area (Å²) in [7, 11) is 1.34. The summed E-state index contributed by atoms with van der Waals surface area (Å²) in [5.41, 5.74) is 3.57. The SMILES string of the molecule is COC(=O)c1ccc([C@H](C)NC(=O)c2cccc3cn(Cc4ccc(Cl)cc4)nc23)cc1. The van der Waals surface area contributed by atoms with Crippen LogP contribution in [-0.4, -0.2) is 28.8 Å². The Hall–Kier alpha value is -3.64. The number of nitrogens with zero attached hydrogens (tertiary/aromatic N) is 2. The third-order valence-electron chi connectivity index (χ3n) is 5.27. The van der Waals surface area contributed by atoms with Crippen LogP contribution in [0.15, 0.2) is 72.9 Å². The molecule has 4 rings (SSSR count). The van der Waals surface area contributed by atoms with E-state index < -0.39 is 5.97 Å². The number of fused-ring (bicyclic) bond motifs is 1. The molecule has 3 aromatic carbocycles. The monoisotopic (exact) mass is 447 g/mol. The van der Waals surface area contributed by atoms with Gasteiger partial charge in [0.2, 0.25) is 0 Å². The first kappa shape index (κ1) is 21.6. The summed E-state index contributed by atoms with van der Waals surface area (Å²) < 4.78 is 6.54. The summed E-state index contributed by atoms with van der Waals surface area (Å²) in [6.45, 7) is 2.47. The normalized spacial score (nSPS) is 11.8. The molecule has 0 radical (unpaired) electrons. The van der Waals surface area contributed by atoms with Gasteiger partial charge < -0.3 is 10.1 Å². The zero-order valence-corrected chi connectivity index (χ0v) is 18.5. The van der Waals surface area contributed by atoms with Gasteiger partial charge in [-0.25, -0.2) is 4.79 Å². The lowest BCUT2D eigenvalue weighted by molar-refractivity contribution is 0.0600. The van der Waals surface area contributed by atoms with Crippen molar-refractivity contribution in [3.05, 3.63) is 100 Å². The standard InChI is InChI=1S/C25H22ClN3O3/c1-16(18-8-10-19(11-9-18)25(31)32-2)27-24(30)22-5-3-4-20-15-29(28-23(20)22)14-17-6-12-21(26)13-7-17/h3-13,15-16H,14H2,1-2H3,(H,27,30)/t16-/m0/s1. The molecule has 0 saturated carbocycles. The van der Waals surface area contributed by atoms with Crippen molar-refractivity contribution >= 4 is 34.4 Å². The Morgan fingerprint density at radius 3 is 2.47 bits per heavy atom. The number of ether oxygens (including phenoxy) is 1. The molecule has 0 aliphatic rings. The molecule has 1 N–H and O–H groups in total. The van der Waals surface area contributed by atoms with Crippen LogP contribution >= 0.6 is 11.6 Å². The number of methoxy groups -OCH3 is 1. The predicted molar refractivity (Wildman–Crippen MR) is 124 cm³/mol. The number of benzene rings is 3. The number of aromatic nitrogens is 2. The van der Waals surface area contributed by atoms with Crippen LogP contribution in [-0.2, 0) is 11.3 Å². The Kier molecular flexibility index (Phi) is 6.23. The number of halogens is 1. The van der Waals surface area contributed by atoms with Gasteiger partial charge in [0.15, 0.2) is 0 Å². The zero-order chi connectivity index (χ0) is 22.7. The maximum Gasteiger partial charge on any atom is 0.337 e. The number of nitrogens with one attached hydrogen (secondary N) is 1. The van der Waals surface area contributed by atoms with Gasteiger partial charge in [0.1, 0.15) is 5.52 Å². The van der Waals surface area contributed by atoms with Crippen LogP contribution in [0.1, 0.15) is 44.8 Å². The molecule has 0 spiro atoms. The Balaban J connectivity index is 1.52. The van der Waals surface area contributed by atoms with E-state index in [1.807, 2.05) is 54.2 Å². The van der Waals surface area contributed by atoms with Gasteiger partial charge in [-0.1, -0.05) is 48.0 Å². The van der Waals surface area contributed by atoms with Crippen LogP contribution in [0.3, 0.4) is 0 Å². The van der Waals surface area contributed by atoms with E-state index in [1.165, 1.54) is 7.11 Å². The minimum atomic E-state index is -0.394. The molecule has 0 saturated heterocycles. The summed E-state index contributed by atoms with van der Waals surface area (Å²) in [4.78, 5) is 24.6. The number of rotatable bonds is 6.